The molecule has 0 radical (unpaired) electrons. The van der Waals surface area contributed by atoms with E-state index >= 15 is 0 Å². The number of aromatic nitrogens is 2. The van der Waals surface area contributed by atoms with Crippen molar-refractivity contribution in [1.29, 1.82) is 0 Å². The Morgan fingerprint density at radius 2 is 1.90 bits per heavy atom. The lowest BCUT2D eigenvalue weighted by molar-refractivity contribution is 0.737. The van der Waals surface area contributed by atoms with Crippen LogP contribution in [0.15, 0.2) is 42.7 Å². The summed E-state index contributed by atoms with van der Waals surface area (Å²) in [4.78, 5) is 4.53. The molecule has 0 aliphatic rings. The summed E-state index contributed by atoms with van der Waals surface area (Å²) in [6.07, 6.45) is 2.78. The van der Waals surface area contributed by atoms with Gasteiger partial charge in [0.2, 0.25) is 0 Å². The zero-order valence-electron chi connectivity index (χ0n) is 12.8. The van der Waals surface area contributed by atoms with Crippen molar-refractivity contribution in [1.82, 2.24) is 9.55 Å². The molecule has 108 valence electrons. The van der Waals surface area contributed by atoms with Gasteiger partial charge in [0.15, 0.2) is 0 Å². The van der Waals surface area contributed by atoms with Gasteiger partial charge in [-0.1, -0.05) is 12.1 Å². The van der Waals surface area contributed by atoms with Crippen LogP contribution in [0.4, 0.5) is 0 Å². The molecule has 2 aromatic carbocycles. The van der Waals surface area contributed by atoms with Crippen molar-refractivity contribution in [3.8, 4) is 5.69 Å². The van der Waals surface area contributed by atoms with E-state index in [1.54, 1.807) is 0 Å². The molecular weight excluding hydrogens is 258 g/mol. The highest BCUT2D eigenvalue weighted by Gasteiger charge is 2.07. The predicted octanol–water partition coefficient (Wildman–Crippen LogP) is 3.53. The molecule has 0 aliphatic carbocycles. The normalized spacial score (nSPS) is 12.8. The molecule has 1 heterocycles. The third kappa shape index (κ3) is 2.69. The van der Waals surface area contributed by atoms with Crippen LogP contribution in [0, 0.1) is 13.8 Å². The quantitative estimate of drug-likeness (QED) is 0.797. The molecule has 0 bridgehead atoms. The number of rotatable bonds is 3. The Bertz CT molecular complexity index is 784. The summed E-state index contributed by atoms with van der Waals surface area (Å²) in [5, 5.41) is 0. The minimum absolute atomic E-state index is 0.171. The monoisotopic (exact) mass is 279 g/mol. The van der Waals surface area contributed by atoms with Crippen molar-refractivity contribution in [2.45, 2.75) is 33.2 Å². The first-order valence-corrected chi connectivity index (χ1v) is 7.34. The van der Waals surface area contributed by atoms with Gasteiger partial charge in [0.05, 0.1) is 11.0 Å². The SMILES string of the molecule is Cc1cc2ncn(-c3cccc(CC(C)N)c3)c2cc1C. The molecule has 3 nitrogen and oxygen atoms in total. The largest absolute Gasteiger partial charge is 0.328 e. The first kappa shape index (κ1) is 13.8. The molecule has 0 saturated carbocycles. The van der Waals surface area contributed by atoms with Crippen molar-refractivity contribution >= 4 is 11.0 Å². The van der Waals surface area contributed by atoms with Crippen molar-refractivity contribution < 1.29 is 0 Å². The standard InChI is InChI=1S/C18H21N3/c1-12-7-17-18(8-13(12)2)21(11-20-17)16-6-4-5-15(10-16)9-14(3)19/h4-8,10-11,14H,9,19H2,1-3H3. The van der Waals surface area contributed by atoms with Crippen molar-refractivity contribution in [2.75, 3.05) is 0 Å². The van der Waals surface area contributed by atoms with Crippen LogP contribution in [0.25, 0.3) is 16.7 Å². The zero-order chi connectivity index (χ0) is 15.0. The van der Waals surface area contributed by atoms with Crippen molar-refractivity contribution in [2.24, 2.45) is 5.73 Å². The Morgan fingerprint density at radius 3 is 2.67 bits per heavy atom. The Morgan fingerprint density at radius 1 is 1.14 bits per heavy atom. The molecule has 0 aliphatic heterocycles. The van der Waals surface area contributed by atoms with Gasteiger partial charge in [-0.15, -0.1) is 0 Å². The lowest BCUT2D eigenvalue weighted by atomic mass is 10.1. The van der Waals surface area contributed by atoms with Gasteiger partial charge in [0, 0.05) is 11.7 Å². The Hall–Kier alpha value is -2.13. The number of benzene rings is 2. The van der Waals surface area contributed by atoms with Gasteiger partial charge in [-0.05, 0) is 68.1 Å². The molecule has 3 aromatic rings. The van der Waals surface area contributed by atoms with E-state index in [-0.39, 0.29) is 6.04 Å². The van der Waals surface area contributed by atoms with Crippen LogP contribution in [-0.4, -0.2) is 15.6 Å². The molecular formula is C18H21N3. The molecule has 3 rings (SSSR count). The molecule has 1 aromatic heterocycles. The number of hydrogen-bond acceptors (Lipinski definition) is 2. The summed E-state index contributed by atoms with van der Waals surface area (Å²) in [5.41, 5.74) is 13.0. The highest BCUT2D eigenvalue weighted by atomic mass is 15.0. The van der Waals surface area contributed by atoms with Gasteiger partial charge in [-0.25, -0.2) is 4.98 Å². The number of hydrogen-bond donors (Lipinski definition) is 1. The van der Waals surface area contributed by atoms with Gasteiger partial charge in [0.1, 0.15) is 6.33 Å². The van der Waals surface area contributed by atoms with Gasteiger partial charge in [-0.3, -0.25) is 4.57 Å². The highest BCUT2D eigenvalue weighted by molar-refractivity contribution is 5.79. The fourth-order valence-corrected chi connectivity index (χ4v) is 2.68. The van der Waals surface area contributed by atoms with Crippen LogP contribution in [0.2, 0.25) is 0 Å². The van der Waals surface area contributed by atoms with Gasteiger partial charge in [0.25, 0.3) is 0 Å². The maximum atomic E-state index is 5.90. The molecule has 0 amide bonds. The van der Waals surface area contributed by atoms with Crippen molar-refractivity contribution in [3.63, 3.8) is 0 Å². The second kappa shape index (κ2) is 5.34. The second-order valence-corrected chi connectivity index (χ2v) is 5.89. The van der Waals surface area contributed by atoms with Crippen LogP contribution in [0.3, 0.4) is 0 Å². The summed E-state index contributed by atoms with van der Waals surface area (Å²) in [6.45, 7) is 6.29. The lowest BCUT2D eigenvalue weighted by Gasteiger charge is -2.10. The average molecular weight is 279 g/mol. The number of imidazole rings is 1. The molecule has 2 N–H and O–H groups in total. The van der Waals surface area contributed by atoms with Crippen LogP contribution in [-0.2, 0) is 6.42 Å². The van der Waals surface area contributed by atoms with Gasteiger partial charge in [-0.2, -0.15) is 0 Å². The molecule has 3 heteroatoms. The number of aryl methyl sites for hydroxylation is 2. The molecule has 1 unspecified atom stereocenters. The summed E-state index contributed by atoms with van der Waals surface area (Å²) >= 11 is 0. The topological polar surface area (TPSA) is 43.8 Å². The van der Waals surface area contributed by atoms with Crippen LogP contribution < -0.4 is 5.73 Å². The third-order valence-corrected chi connectivity index (χ3v) is 3.91. The van der Waals surface area contributed by atoms with E-state index in [4.69, 9.17) is 5.73 Å². The molecule has 0 saturated heterocycles. The zero-order valence-corrected chi connectivity index (χ0v) is 12.8. The maximum absolute atomic E-state index is 5.90. The second-order valence-electron chi connectivity index (χ2n) is 5.89. The van der Waals surface area contributed by atoms with Gasteiger partial charge < -0.3 is 5.73 Å². The van der Waals surface area contributed by atoms with Gasteiger partial charge >= 0.3 is 0 Å². The predicted molar refractivity (Wildman–Crippen MR) is 87.9 cm³/mol. The van der Waals surface area contributed by atoms with Crippen LogP contribution in [0.1, 0.15) is 23.6 Å². The number of fused-ring (bicyclic) bond motifs is 1. The summed E-state index contributed by atoms with van der Waals surface area (Å²) in [6, 6.07) is 13.0. The molecule has 0 fully saturated rings. The number of nitrogens with two attached hydrogens (primary N) is 1. The van der Waals surface area contributed by atoms with E-state index in [9.17, 15) is 0 Å². The van der Waals surface area contributed by atoms with E-state index in [0.717, 1.165) is 23.1 Å². The minimum Gasteiger partial charge on any atom is -0.328 e. The van der Waals surface area contributed by atoms with Crippen LogP contribution in [0.5, 0.6) is 0 Å². The van der Waals surface area contributed by atoms with Crippen LogP contribution >= 0.6 is 0 Å². The third-order valence-electron chi connectivity index (χ3n) is 3.91. The smallest absolute Gasteiger partial charge is 0.100 e. The summed E-state index contributed by atoms with van der Waals surface area (Å²) < 4.78 is 2.15. The highest BCUT2D eigenvalue weighted by Crippen LogP contribution is 2.22. The first-order chi connectivity index (χ1) is 10.0. The Kier molecular flexibility index (Phi) is 3.52. The Labute approximate surface area is 125 Å². The van der Waals surface area contributed by atoms with E-state index < -0.39 is 0 Å². The average Bonchev–Trinajstić information content (AvgIpc) is 2.81. The fraction of sp³-hybridized carbons (Fsp3) is 0.278. The lowest BCUT2D eigenvalue weighted by Crippen LogP contribution is -2.17. The Balaban J connectivity index is 2.10. The summed E-state index contributed by atoms with van der Waals surface area (Å²) in [7, 11) is 0. The van der Waals surface area contributed by atoms with E-state index in [1.807, 2.05) is 13.3 Å². The fourth-order valence-electron chi connectivity index (χ4n) is 2.68. The molecule has 0 spiro atoms. The summed E-state index contributed by atoms with van der Waals surface area (Å²) in [5.74, 6) is 0. The maximum Gasteiger partial charge on any atom is 0.100 e. The molecule has 1 atom stereocenters. The molecule has 21 heavy (non-hydrogen) atoms. The number of nitrogens with zero attached hydrogens (tertiary/aromatic N) is 2. The van der Waals surface area contributed by atoms with E-state index in [0.29, 0.717) is 0 Å². The van der Waals surface area contributed by atoms with E-state index in [1.165, 1.54) is 16.7 Å². The van der Waals surface area contributed by atoms with E-state index in [2.05, 4.69) is 59.8 Å². The van der Waals surface area contributed by atoms with Crippen molar-refractivity contribution in [3.05, 3.63) is 59.4 Å². The first-order valence-electron chi connectivity index (χ1n) is 7.34. The minimum atomic E-state index is 0.171.